The van der Waals surface area contributed by atoms with Crippen LogP contribution in [0.4, 0.5) is 4.39 Å². The van der Waals surface area contributed by atoms with Crippen molar-refractivity contribution in [2.75, 3.05) is 0 Å². The first kappa shape index (κ1) is 15.5. The van der Waals surface area contributed by atoms with E-state index in [9.17, 15) is 14.3 Å². The summed E-state index contributed by atoms with van der Waals surface area (Å²) in [7, 11) is 0. The molecule has 0 fully saturated rings. The number of nitrogens with one attached hydrogen (secondary N) is 1. The molecule has 2 aromatic carbocycles. The lowest BCUT2D eigenvalue weighted by molar-refractivity contribution is 0.426. The smallest absolute Gasteiger partial charge is 0.267 e. The minimum absolute atomic E-state index is 0.112. The van der Waals surface area contributed by atoms with Gasteiger partial charge in [0.1, 0.15) is 17.1 Å². The van der Waals surface area contributed by atoms with Crippen molar-refractivity contribution in [2.45, 2.75) is 0 Å². The SMILES string of the molecule is O=c1[nH]c2ccccc2c(O)c1-c1nc(-c2ccc(F)c(Br)c2)no1. The molecule has 0 radical (unpaired) electrons. The minimum atomic E-state index is -0.549. The van der Waals surface area contributed by atoms with Crippen molar-refractivity contribution in [1.82, 2.24) is 15.1 Å². The maximum Gasteiger partial charge on any atom is 0.267 e. The first-order valence-corrected chi connectivity index (χ1v) is 7.97. The Hall–Kier alpha value is -3.00. The lowest BCUT2D eigenvalue weighted by Crippen LogP contribution is -2.09. The summed E-state index contributed by atoms with van der Waals surface area (Å²) in [6.45, 7) is 0. The van der Waals surface area contributed by atoms with Crippen molar-refractivity contribution < 1.29 is 14.0 Å². The molecule has 0 saturated heterocycles. The fraction of sp³-hybridized carbons (Fsp3) is 0. The molecule has 0 amide bonds. The van der Waals surface area contributed by atoms with Crippen LogP contribution in [-0.4, -0.2) is 20.2 Å². The maximum absolute atomic E-state index is 13.3. The Morgan fingerprint density at radius 3 is 2.80 bits per heavy atom. The third kappa shape index (κ3) is 2.60. The van der Waals surface area contributed by atoms with E-state index in [0.29, 0.717) is 16.5 Å². The van der Waals surface area contributed by atoms with Gasteiger partial charge in [-0.1, -0.05) is 17.3 Å². The maximum atomic E-state index is 13.3. The van der Waals surface area contributed by atoms with Crippen LogP contribution < -0.4 is 5.56 Å². The van der Waals surface area contributed by atoms with E-state index in [1.54, 1.807) is 24.3 Å². The first-order chi connectivity index (χ1) is 12.0. The van der Waals surface area contributed by atoms with Gasteiger partial charge in [0.2, 0.25) is 5.82 Å². The second-order valence-corrected chi connectivity index (χ2v) is 6.13. The summed E-state index contributed by atoms with van der Waals surface area (Å²) in [4.78, 5) is 19.1. The molecule has 25 heavy (non-hydrogen) atoms. The van der Waals surface area contributed by atoms with Crippen molar-refractivity contribution in [3.8, 4) is 28.6 Å². The summed E-state index contributed by atoms with van der Waals surface area (Å²) < 4.78 is 18.7. The highest BCUT2D eigenvalue weighted by Crippen LogP contribution is 2.32. The number of rotatable bonds is 2. The van der Waals surface area contributed by atoms with Gasteiger partial charge in [0.15, 0.2) is 0 Å². The summed E-state index contributed by atoms with van der Waals surface area (Å²) >= 11 is 3.09. The van der Waals surface area contributed by atoms with Gasteiger partial charge in [-0.2, -0.15) is 4.98 Å². The predicted molar refractivity (Wildman–Crippen MR) is 92.6 cm³/mol. The standard InChI is InChI=1S/C17H9BrFN3O3/c18-10-7-8(5-6-11(10)19)15-21-17(25-22-15)13-14(23)9-3-1-2-4-12(9)20-16(13)24/h1-7H,(H2,20,23,24). The number of para-hydroxylation sites is 1. The molecule has 2 aromatic heterocycles. The van der Waals surface area contributed by atoms with Crippen LogP contribution in [0.2, 0.25) is 0 Å². The van der Waals surface area contributed by atoms with Crippen LogP contribution in [0.15, 0.2) is 56.3 Å². The molecular formula is C17H9BrFN3O3. The third-order valence-corrected chi connectivity index (χ3v) is 4.32. The van der Waals surface area contributed by atoms with Crippen molar-refractivity contribution in [3.05, 3.63) is 63.1 Å². The summed E-state index contributed by atoms with van der Waals surface area (Å²) in [5.41, 5.74) is 0.334. The topological polar surface area (TPSA) is 92.0 Å². The molecule has 0 bridgehead atoms. The Bertz CT molecular complexity index is 1170. The Balaban J connectivity index is 1.87. The normalized spacial score (nSPS) is 11.1. The molecule has 0 aliphatic carbocycles. The van der Waals surface area contributed by atoms with Gasteiger partial charge >= 0.3 is 0 Å². The van der Waals surface area contributed by atoms with Gasteiger partial charge < -0.3 is 14.6 Å². The Morgan fingerprint density at radius 2 is 2.00 bits per heavy atom. The minimum Gasteiger partial charge on any atom is -0.506 e. The number of benzene rings is 2. The molecule has 8 heteroatoms. The summed E-state index contributed by atoms with van der Waals surface area (Å²) in [5, 5.41) is 14.7. The van der Waals surface area contributed by atoms with Crippen LogP contribution in [0, 0.1) is 5.82 Å². The number of nitrogens with zero attached hydrogens (tertiary/aromatic N) is 2. The van der Waals surface area contributed by atoms with Gasteiger partial charge in [0.05, 0.1) is 9.99 Å². The number of halogens is 2. The molecule has 2 N–H and O–H groups in total. The van der Waals surface area contributed by atoms with Gasteiger partial charge in [0, 0.05) is 10.9 Å². The number of H-pyrrole nitrogens is 1. The Labute approximate surface area is 148 Å². The average molecular weight is 402 g/mol. The lowest BCUT2D eigenvalue weighted by atomic mass is 10.1. The largest absolute Gasteiger partial charge is 0.506 e. The molecule has 4 rings (SSSR count). The average Bonchev–Trinajstić information content (AvgIpc) is 3.07. The van der Waals surface area contributed by atoms with Gasteiger partial charge in [-0.25, -0.2) is 4.39 Å². The highest BCUT2D eigenvalue weighted by Gasteiger charge is 2.20. The molecule has 4 aromatic rings. The van der Waals surface area contributed by atoms with Crippen molar-refractivity contribution in [1.29, 1.82) is 0 Å². The molecule has 0 aliphatic heterocycles. The second kappa shape index (κ2) is 5.82. The van der Waals surface area contributed by atoms with E-state index in [2.05, 4.69) is 31.1 Å². The number of fused-ring (bicyclic) bond motifs is 1. The Morgan fingerprint density at radius 1 is 1.20 bits per heavy atom. The van der Waals surface area contributed by atoms with Crippen LogP contribution in [-0.2, 0) is 0 Å². The highest BCUT2D eigenvalue weighted by atomic mass is 79.9. The van der Waals surface area contributed by atoms with Gasteiger partial charge in [0.25, 0.3) is 11.4 Å². The zero-order chi connectivity index (χ0) is 17.6. The number of hydrogen-bond acceptors (Lipinski definition) is 5. The van der Waals surface area contributed by atoms with Crippen molar-refractivity contribution in [3.63, 3.8) is 0 Å². The van der Waals surface area contributed by atoms with E-state index in [-0.39, 0.29) is 27.5 Å². The zero-order valence-corrected chi connectivity index (χ0v) is 14.0. The van der Waals surface area contributed by atoms with E-state index in [1.807, 2.05) is 0 Å². The molecule has 2 heterocycles. The monoisotopic (exact) mass is 401 g/mol. The number of aromatic amines is 1. The van der Waals surface area contributed by atoms with Gasteiger partial charge in [-0.05, 0) is 46.3 Å². The van der Waals surface area contributed by atoms with Gasteiger partial charge in [-0.3, -0.25) is 4.79 Å². The summed E-state index contributed by atoms with van der Waals surface area (Å²) in [6, 6.07) is 11.1. The molecule has 0 saturated carbocycles. The van der Waals surface area contributed by atoms with Crippen LogP contribution in [0.1, 0.15) is 0 Å². The predicted octanol–water partition coefficient (Wildman–Crippen LogP) is 3.85. The molecule has 0 aliphatic rings. The number of aromatic nitrogens is 3. The molecule has 0 atom stereocenters. The van der Waals surface area contributed by atoms with Crippen LogP contribution in [0.3, 0.4) is 0 Å². The summed E-state index contributed by atoms with van der Waals surface area (Å²) in [5.74, 6) is -0.617. The van der Waals surface area contributed by atoms with E-state index in [1.165, 1.54) is 18.2 Å². The first-order valence-electron chi connectivity index (χ1n) is 7.18. The molecule has 6 nitrogen and oxygen atoms in total. The molecular weight excluding hydrogens is 393 g/mol. The van der Waals surface area contributed by atoms with E-state index >= 15 is 0 Å². The lowest BCUT2D eigenvalue weighted by Gasteiger charge is -2.03. The third-order valence-electron chi connectivity index (χ3n) is 3.71. The quantitative estimate of drug-likeness (QED) is 0.532. The number of hydrogen-bond donors (Lipinski definition) is 2. The second-order valence-electron chi connectivity index (χ2n) is 5.28. The molecule has 0 unspecified atom stereocenters. The number of aromatic hydroxyl groups is 1. The molecule has 124 valence electrons. The zero-order valence-electron chi connectivity index (χ0n) is 12.5. The number of pyridine rings is 1. The van der Waals surface area contributed by atoms with E-state index in [0.717, 1.165) is 0 Å². The fourth-order valence-corrected chi connectivity index (χ4v) is 2.88. The molecule has 0 spiro atoms. The van der Waals surface area contributed by atoms with Gasteiger partial charge in [-0.15, -0.1) is 0 Å². The van der Waals surface area contributed by atoms with Crippen LogP contribution >= 0.6 is 15.9 Å². The van der Waals surface area contributed by atoms with E-state index in [4.69, 9.17) is 4.52 Å². The van der Waals surface area contributed by atoms with Crippen LogP contribution in [0.25, 0.3) is 33.7 Å². The van der Waals surface area contributed by atoms with Crippen molar-refractivity contribution in [2.24, 2.45) is 0 Å². The van der Waals surface area contributed by atoms with Crippen molar-refractivity contribution >= 4 is 26.8 Å². The fourth-order valence-electron chi connectivity index (χ4n) is 2.50. The summed E-state index contributed by atoms with van der Waals surface area (Å²) in [6.07, 6.45) is 0. The van der Waals surface area contributed by atoms with E-state index < -0.39 is 11.4 Å². The highest BCUT2D eigenvalue weighted by molar-refractivity contribution is 9.10. The Kier molecular flexibility index (Phi) is 3.61. The van der Waals surface area contributed by atoms with Crippen LogP contribution in [0.5, 0.6) is 5.75 Å².